The molecular weight excluding hydrogens is 535 g/mol. The summed E-state index contributed by atoms with van der Waals surface area (Å²) < 4.78 is 3.30. The van der Waals surface area contributed by atoms with Gasteiger partial charge in [-0.3, -0.25) is 10.1 Å². The molecule has 5 heterocycles. The van der Waals surface area contributed by atoms with Crippen molar-refractivity contribution in [2.75, 3.05) is 7.05 Å². The van der Waals surface area contributed by atoms with E-state index in [1.54, 1.807) is 29.8 Å². The van der Waals surface area contributed by atoms with Gasteiger partial charge in [0.25, 0.3) is 5.56 Å². The second-order valence-electron chi connectivity index (χ2n) is 8.59. The van der Waals surface area contributed by atoms with Crippen molar-refractivity contribution in [1.29, 1.82) is 0 Å². The smallest absolute Gasteiger partial charge is 0.252 e. The number of aryl methyl sites for hydroxylation is 1. The number of aromatic amines is 1. The van der Waals surface area contributed by atoms with Gasteiger partial charge in [-0.1, -0.05) is 23.2 Å². The molecule has 0 saturated carbocycles. The lowest BCUT2D eigenvalue weighted by molar-refractivity contribution is 0.153. The third-order valence-electron chi connectivity index (χ3n) is 6.40. The summed E-state index contributed by atoms with van der Waals surface area (Å²) in [5, 5.41) is 25.2. The molecule has 10 nitrogen and oxygen atoms in total. The van der Waals surface area contributed by atoms with Crippen LogP contribution in [0, 0.1) is 0 Å². The summed E-state index contributed by atoms with van der Waals surface area (Å²) in [6.07, 6.45) is 2.13. The standard InChI is InChI=1S/C24H20Cl2N8O2S/c1-27-24(36)19-7-6-18(37-19)21-22(26)30-23(29-21)17-5-3-14-8-12(9-20(35)34(14)17)15-10-13(25)2-4-16(15)33-11-28-31-32-33/h2,4,6-11,17,24,27,36H,3,5H2,1H3,(H,29,30)/t17-,24?/m0/s1. The maximum Gasteiger partial charge on any atom is 0.252 e. The number of hydrogen-bond acceptors (Lipinski definition) is 8. The van der Waals surface area contributed by atoms with Gasteiger partial charge in [0.05, 0.1) is 16.6 Å². The zero-order chi connectivity index (χ0) is 25.7. The molecule has 4 aromatic heterocycles. The van der Waals surface area contributed by atoms with Gasteiger partial charge in [0.15, 0.2) is 0 Å². The van der Waals surface area contributed by atoms with Gasteiger partial charge in [-0.2, -0.15) is 4.68 Å². The quantitative estimate of drug-likeness (QED) is 0.271. The summed E-state index contributed by atoms with van der Waals surface area (Å²) in [4.78, 5) is 22.9. The number of pyridine rings is 1. The van der Waals surface area contributed by atoms with Gasteiger partial charge in [-0.25, -0.2) is 4.98 Å². The van der Waals surface area contributed by atoms with Crippen molar-refractivity contribution in [3.8, 4) is 27.4 Å². The molecule has 5 aromatic rings. The number of tetrazole rings is 1. The number of hydrogen-bond donors (Lipinski definition) is 3. The van der Waals surface area contributed by atoms with Gasteiger partial charge in [-0.05, 0) is 72.3 Å². The first-order valence-electron chi connectivity index (χ1n) is 11.4. The lowest BCUT2D eigenvalue weighted by Gasteiger charge is -2.15. The molecule has 0 aliphatic carbocycles. The van der Waals surface area contributed by atoms with Crippen LogP contribution in [-0.2, 0) is 6.42 Å². The summed E-state index contributed by atoms with van der Waals surface area (Å²) in [5.74, 6) is 0.620. The van der Waals surface area contributed by atoms with Gasteiger partial charge in [0, 0.05) is 27.2 Å². The molecule has 0 spiro atoms. The Morgan fingerprint density at radius 2 is 2.08 bits per heavy atom. The monoisotopic (exact) mass is 554 g/mol. The minimum atomic E-state index is -0.758. The van der Waals surface area contributed by atoms with Crippen molar-refractivity contribution >= 4 is 34.5 Å². The number of imidazole rings is 1. The third-order valence-corrected chi connectivity index (χ3v) is 8.05. The van der Waals surface area contributed by atoms with E-state index in [9.17, 15) is 9.90 Å². The van der Waals surface area contributed by atoms with E-state index in [0.717, 1.165) is 32.3 Å². The minimum Gasteiger partial charge on any atom is -0.373 e. The fourth-order valence-electron chi connectivity index (χ4n) is 4.68. The van der Waals surface area contributed by atoms with Crippen molar-refractivity contribution < 1.29 is 5.11 Å². The number of benzene rings is 1. The van der Waals surface area contributed by atoms with E-state index in [2.05, 4.69) is 25.8 Å². The molecule has 2 atom stereocenters. The third kappa shape index (κ3) is 4.28. The molecule has 6 rings (SSSR count). The first-order valence-corrected chi connectivity index (χ1v) is 13.0. The van der Waals surface area contributed by atoms with Crippen LogP contribution in [0.4, 0.5) is 0 Å². The fraction of sp³-hybridized carbons (Fsp3) is 0.208. The Hall–Kier alpha value is -3.35. The molecule has 1 unspecified atom stereocenters. The number of aromatic nitrogens is 7. The first-order chi connectivity index (χ1) is 17.9. The van der Waals surface area contributed by atoms with Crippen molar-refractivity contribution in [3.05, 3.63) is 85.7 Å². The molecule has 0 amide bonds. The van der Waals surface area contributed by atoms with Crippen LogP contribution in [-0.4, -0.2) is 46.9 Å². The van der Waals surface area contributed by atoms with Crippen molar-refractivity contribution in [2.24, 2.45) is 0 Å². The van der Waals surface area contributed by atoms with Gasteiger partial charge < -0.3 is 14.7 Å². The second kappa shape index (κ2) is 9.51. The van der Waals surface area contributed by atoms with Crippen LogP contribution in [0.15, 0.2) is 53.6 Å². The molecular formula is C24H20Cl2N8O2S. The Bertz CT molecular complexity index is 1660. The number of H-pyrrole nitrogens is 1. The highest BCUT2D eigenvalue weighted by molar-refractivity contribution is 7.15. The van der Waals surface area contributed by atoms with Gasteiger partial charge >= 0.3 is 0 Å². The Balaban J connectivity index is 1.37. The number of rotatable bonds is 6. The maximum absolute atomic E-state index is 13.4. The van der Waals surface area contributed by atoms with Crippen LogP contribution >= 0.6 is 34.5 Å². The maximum atomic E-state index is 13.4. The molecule has 0 fully saturated rings. The average molecular weight is 555 g/mol. The van der Waals surface area contributed by atoms with E-state index in [-0.39, 0.29) is 11.6 Å². The number of aliphatic hydroxyl groups excluding tert-OH is 1. The fourth-order valence-corrected chi connectivity index (χ4v) is 6.15. The van der Waals surface area contributed by atoms with E-state index in [1.807, 2.05) is 24.3 Å². The summed E-state index contributed by atoms with van der Waals surface area (Å²) in [7, 11) is 1.68. The highest BCUT2D eigenvalue weighted by Crippen LogP contribution is 2.38. The Morgan fingerprint density at radius 1 is 1.22 bits per heavy atom. The molecule has 37 heavy (non-hydrogen) atoms. The molecule has 13 heteroatoms. The van der Waals surface area contributed by atoms with Crippen molar-refractivity contribution in [2.45, 2.75) is 25.1 Å². The Labute approximate surface area is 224 Å². The van der Waals surface area contributed by atoms with E-state index >= 15 is 0 Å². The SMILES string of the molecule is CNC(O)c1ccc(-c2nc([C@@H]3CCc4cc(-c5cc(Cl)ccc5-n5cnnn5)cc(=O)n43)[nH]c2Cl)s1. The van der Waals surface area contributed by atoms with Gasteiger partial charge in [0.1, 0.15) is 29.2 Å². The van der Waals surface area contributed by atoms with Crippen LogP contribution in [0.1, 0.15) is 35.1 Å². The molecule has 3 N–H and O–H groups in total. The highest BCUT2D eigenvalue weighted by Gasteiger charge is 2.29. The Morgan fingerprint density at radius 3 is 2.86 bits per heavy atom. The average Bonchev–Trinajstić information content (AvgIpc) is 3.69. The predicted molar refractivity (Wildman–Crippen MR) is 141 cm³/mol. The summed E-state index contributed by atoms with van der Waals surface area (Å²) in [6, 6.07) is 12.4. The second-order valence-corrected chi connectivity index (χ2v) is 10.5. The van der Waals surface area contributed by atoms with Crippen LogP contribution < -0.4 is 10.9 Å². The summed E-state index contributed by atoms with van der Waals surface area (Å²) >= 11 is 14.2. The van der Waals surface area contributed by atoms with Crippen LogP contribution in [0.25, 0.3) is 27.4 Å². The molecule has 0 bridgehead atoms. The molecule has 1 aromatic carbocycles. The summed E-state index contributed by atoms with van der Waals surface area (Å²) in [6.45, 7) is 0. The highest BCUT2D eigenvalue weighted by atomic mass is 35.5. The topological polar surface area (TPSA) is 127 Å². The molecule has 0 saturated heterocycles. The number of fused-ring (bicyclic) bond motifs is 1. The predicted octanol–water partition coefficient (Wildman–Crippen LogP) is 4.00. The normalized spacial score (nSPS) is 15.7. The number of thiophene rings is 1. The Kier molecular flexibility index (Phi) is 6.17. The molecule has 1 aliphatic rings. The number of nitrogens with one attached hydrogen (secondary N) is 2. The number of halogens is 2. The molecule has 188 valence electrons. The van der Waals surface area contributed by atoms with E-state index in [4.69, 9.17) is 28.2 Å². The van der Waals surface area contributed by atoms with Crippen molar-refractivity contribution in [3.63, 3.8) is 0 Å². The molecule has 0 radical (unpaired) electrons. The van der Waals surface area contributed by atoms with Gasteiger partial charge in [-0.15, -0.1) is 16.4 Å². The minimum absolute atomic E-state index is 0.151. The van der Waals surface area contributed by atoms with Crippen LogP contribution in [0.3, 0.4) is 0 Å². The number of aliphatic hydroxyl groups is 1. The molecule has 1 aliphatic heterocycles. The first kappa shape index (κ1) is 24.0. The van der Waals surface area contributed by atoms with E-state index in [0.29, 0.717) is 34.5 Å². The van der Waals surface area contributed by atoms with Crippen LogP contribution in [0.2, 0.25) is 10.2 Å². The zero-order valence-corrected chi connectivity index (χ0v) is 21.7. The van der Waals surface area contributed by atoms with E-state index < -0.39 is 6.23 Å². The largest absolute Gasteiger partial charge is 0.373 e. The lowest BCUT2D eigenvalue weighted by Crippen LogP contribution is -2.23. The van der Waals surface area contributed by atoms with Crippen molar-refractivity contribution in [1.82, 2.24) is 40.1 Å². The summed E-state index contributed by atoms with van der Waals surface area (Å²) in [5.41, 5.74) is 3.54. The van der Waals surface area contributed by atoms with E-state index in [1.165, 1.54) is 22.3 Å². The zero-order valence-electron chi connectivity index (χ0n) is 19.4. The lowest BCUT2D eigenvalue weighted by atomic mass is 10.0. The van der Waals surface area contributed by atoms with Crippen LogP contribution in [0.5, 0.6) is 0 Å². The van der Waals surface area contributed by atoms with Gasteiger partial charge in [0.2, 0.25) is 0 Å². The number of nitrogens with zero attached hydrogens (tertiary/aromatic N) is 6.